The van der Waals surface area contributed by atoms with Gasteiger partial charge in [-0.15, -0.1) is 0 Å². The summed E-state index contributed by atoms with van der Waals surface area (Å²) in [6.07, 6.45) is -12.0. The molecule has 0 aliphatic carbocycles. The van der Waals surface area contributed by atoms with Crippen LogP contribution in [0.2, 0.25) is 0 Å². The number of esters is 9. The van der Waals surface area contributed by atoms with Crippen LogP contribution in [0.3, 0.4) is 0 Å². The molecule has 29 nitrogen and oxygen atoms in total. The van der Waals surface area contributed by atoms with Crippen molar-refractivity contribution < 1.29 is 164 Å². The highest BCUT2D eigenvalue weighted by molar-refractivity contribution is 5.70. The Hall–Kier alpha value is -11.3. The Balaban J connectivity index is 0.000000210. The van der Waals surface area contributed by atoms with Crippen LogP contribution >= 0.6 is 0 Å². The molecule has 123 heavy (non-hydrogen) atoms. The van der Waals surface area contributed by atoms with Gasteiger partial charge in [-0.25, -0.2) is 0 Å². The standard InChI is InChI=1S/C24H24F3NO5.C20H20F3NO3.C12H16O7.C12H18O6.C10H14O5.C7H6F3N/c1-13(29)31-12-21-20(32-14(2)30)11-18-22(15-6-4-3-5-7-15)28-19-9-8-16(24(25,26)27)10-17(19)23(18)33-21;21-20(22,23)12-6-7-15-13(8-12)19-14(9-16(26)17(10-25)27-19)18(24-15)11-4-2-1-3-5-11;1-7(13)17-6-11-12(19-9(3)15)10(4-5-16-11)18-8(2)14;1-4-15-12-6-5-10(17-9(3)14)11(18-12)7-16-8(2)13;1-7(11)14-6-10-9(15-8(2)12)4-3-5-13-10;8-7(9,10)5-1-3-6(11)4-2-5/h3-10,18,20-23,28H,11-12H2,1-2H3;1-8,14,16-19,24-26H,9-10H2;4-5,10-12H,6H2,1-3H3;5-6,10-12H,4,7H2,1-3H3;3,5,9-10H,4,6H2,1-2H3;1-4H,11H2/t;;10-,11-,12+;10-,11+,12?;9-,10+;/m..100./s1. The maximum atomic E-state index is 13.4. The summed E-state index contributed by atoms with van der Waals surface area (Å²) >= 11 is 0. The molecule has 12 rings (SSSR count). The van der Waals surface area contributed by atoms with E-state index in [2.05, 4.69) is 10.6 Å². The highest BCUT2D eigenvalue weighted by atomic mass is 19.4. The fraction of sp³-hybridized carbons (Fsp3) is 0.471. The Kier molecular flexibility index (Phi) is 37.1. The molecule has 6 N–H and O–H groups in total. The lowest BCUT2D eigenvalue weighted by Crippen LogP contribution is -2.49. The molecule has 0 bridgehead atoms. The van der Waals surface area contributed by atoms with Gasteiger partial charge in [0.2, 0.25) is 0 Å². The van der Waals surface area contributed by atoms with Gasteiger partial charge in [-0.05, 0) is 116 Å². The van der Waals surface area contributed by atoms with Crippen molar-refractivity contribution in [3.05, 3.63) is 197 Å². The summed E-state index contributed by atoms with van der Waals surface area (Å²) in [6, 6.07) is 30.0. The summed E-state index contributed by atoms with van der Waals surface area (Å²) in [7, 11) is 0. The largest absolute Gasteiger partial charge is 0.491 e. The van der Waals surface area contributed by atoms with Gasteiger partial charge in [0.05, 0.1) is 66.2 Å². The molecule has 11 unspecified atom stereocenters. The quantitative estimate of drug-likeness (QED) is 0.0179. The van der Waals surface area contributed by atoms with Crippen LogP contribution in [0, 0.1) is 11.8 Å². The molecule has 7 aliphatic heterocycles. The van der Waals surface area contributed by atoms with Crippen molar-refractivity contribution in [2.45, 2.75) is 205 Å². The summed E-state index contributed by atoms with van der Waals surface area (Å²) in [5.41, 5.74) is 7.14. The van der Waals surface area contributed by atoms with E-state index >= 15 is 0 Å². The topological polar surface area (TPSA) is 383 Å². The highest BCUT2D eigenvalue weighted by Crippen LogP contribution is 2.54. The van der Waals surface area contributed by atoms with Gasteiger partial charge in [-0.1, -0.05) is 60.7 Å². The van der Waals surface area contributed by atoms with E-state index in [1.54, 1.807) is 18.2 Å². The number of hydrogen-bond donors (Lipinski definition) is 5. The number of ether oxygens (including phenoxy) is 15. The number of aliphatic hydroxyl groups excluding tert-OH is 2. The van der Waals surface area contributed by atoms with Crippen molar-refractivity contribution in [3.8, 4) is 0 Å². The fourth-order valence-electron chi connectivity index (χ4n) is 13.7. The lowest BCUT2D eigenvalue weighted by atomic mass is 9.75. The SMILES string of the molecule is CC(=O)OCC1OC2c3cc(C(F)(F)F)ccc3NC(c3ccccc3)C2CC1OC(C)=O.CC(=O)OC[C@H]1OC=CC[C@@H]1OC(C)=O.CC(=O)OC[C@H]1OC=C[C@@H](OC(C)=O)[C@@H]1OC(C)=O.CCOC1C=C[C@H](OC(C)=O)[C@@H](COC(C)=O)O1.Nc1ccc(C(F)(F)F)cc1.OCC1OC2c3cc(C(F)(F)F)ccc3NC(c3ccccc3)C2CC1O. The average Bonchev–Trinajstić information content (AvgIpc) is 0.749. The Labute approximate surface area is 701 Å². The van der Waals surface area contributed by atoms with E-state index in [9.17, 15) is 92.9 Å². The Morgan fingerprint density at radius 2 is 0.870 bits per heavy atom. The summed E-state index contributed by atoms with van der Waals surface area (Å²) in [5.74, 6) is -4.77. The lowest BCUT2D eigenvalue weighted by molar-refractivity contribution is -0.196. The van der Waals surface area contributed by atoms with Crippen LogP contribution in [-0.2, 0) is 133 Å². The third-order valence-corrected chi connectivity index (χ3v) is 19.0. The van der Waals surface area contributed by atoms with Gasteiger partial charge in [-0.3, -0.25) is 43.2 Å². The van der Waals surface area contributed by atoms with Gasteiger partial charge in [0.15, 0.2) is 30.7 Å². The van der Waals surface area contributed by atoms with Crippen molar-refractivity contribution in [1.82, 2.24) is 0 Å². The zero-order valence-electron chi connectivity index (χ0n) is 68.4. The van der Waals surface area contributed by atoms with E-state index in [0.29, 0.717) is 54.1 Å². The number of nitrogen functional groups attached to an aromatic ring is 1. The number of fused-ring (bicyclic) bond motifs is 6. The van der Waals surface area contributed by atoms with Crippen molar-refractivity contribution in [2.24, 2.45) is 11.8 Å². The number of halogens is 9. The number of nitrogens with two attached hydrogens (primary N) is 1. The zero-order chi connectivity index (χ0) is 90.6. The monoisotopic (exact) mass is 1750 g/mol. The minimum Gasteiger partial charge on any atom is -0.491 e. The number of anilines is 3. The van der Waals surface area contributed by atoms with E-state index in [0.717, 1.165) is 47.5 Å². The summed E-state index contributed by atoms with van der Waals surface area (Å²) in [5, 5.41) is 26.5. The van der Waals surface area contributed by atoms with Crippen molar-refractivity contribution in [2.75, 3.05) is 56.0 Å². The predicted octanol–water partition coefficient (Wildman–Crippen LogP) is 12.7. The Bertz CT molecular complexity index is 4420. The van der Waals surface area contributed by atoms with Gasteiger partial charge >= 0.3 is 72.3 Å². The van der Waals surface area contributed by atoms with Gasteiger partial charge in [0.1, 0.15) is 63.1 Å². The molecule has 7 heterocycles. The maximum Gasteiger partial charge on any atom is 0.416 e. The minimum absolute atomic E-state index is 0.0151. The molecule has 18 atom stereocenters. The van der Waals surface area contributed by atoms with Crippen LogP contribution in [0.25, 0.3) is 0 Å². The van der Waals surface area contributed by atoms with E-state index in [1.165, 1.54) is 105 Å². The second-order valence-electron chi connectivity index (χ2n) is 28.4. The fourth-order valence-corrected chi connectivity index (χ4v) is 13.7. The number of carbonyl (C=O) groups excluding carboxylic acids is 9. The second kappa shape index (κ2) is 46.2. The van der Waals surface area contributed by atoms with Crippen LogP contribution < -0.4 is 16.4 Å². The summed E-state index contributed by atoms with van der Waals surface area (Å²) in [4.78, 5) is 99.1. The van der Waals surface area contributed by atoms with E-state index < -0.39 is 157 Å². The number of aliphatic hydroxyl groups is 2. The normalized spacial score (nSPS) is 25.5. The molecule has 2 saturated heterocycles. The lowest BCUT2D eigenvalue weighted by Gasteiger charge is -2.48. The molecular formula is C85H98F9N3O26. The summed E-state index contributed by atoms with van der Waals surface area (Å²) < 4.78 is 194. The van der Waals surface area contributed by atoms with Crippen molar-refractivity contribution in [1.29, 1.82) is 0 Å². The first kappa shape index (κ1) is 98.8. The molecule has 5 aromatic carbocycles. The molecule has 672 valence electrons. The van der Waals surface area contributed by atoms with Crippen LogP contribution in [-0.4, -0.2) is 177 Å². The third-order valence-electron chi connectivity index (χ3n) is 19.0. The van der Waals surface area contributed by atoms with Gasteiger partial charge in [-0.2, -0.15) is 39.5 Å². The van der Waals surface area contributed by atoms with E-state index in [4.69, 9.17) is 76.8 Å². The molecule has 0 radical (unpaired) electrons. The molecule has 0 aromatic heterocycles. The Morgan fingerprint density at radius 1 is 0.447 bits per heavy atom. The number of nitrogens with one attached hydrogen (secondary N) is 2. The van der Waals surface area contributed by atoms with Crippen LogP contribution in [0.15, 0.2) is 158 Å². The van der Waals surface area contributed by atoms with Crippen molar-refractivity contribution >= 4 is 70.8 Å². The van der Waals surface area contributed by atoms with Gasteiger partial charge < -0.3 is 97.6 Å². The predicted molar refractivity (Wildman–Crippen MR) is 415 cm³/mol. The molecule has 0 spiro atoms. The third kappa shape index (κ3) is 30.9. The molecule has 5 aromatic rings. The first-order valence-corrected chi connectivity index (χ1v) is 38.6. The number of hydrogen-bond acceptors (Lipinski definition) is 29. The first-order chi connectivity index (χ1) is 58.0. The number of rotatable bonds is 18. The number of carbonyl (C=O) groups is 9. The van der Waals surface area contributed by atoms with E-state index in [-0.39, 0.29) is 75.0 Å². The minimum atomic E-state index is -4.51. The number of alkyl halides is 9. The van der Waals surface area contributed by atoms with E-state index in [1.807, 2.05) is 67.6 Å². The molecule has 38 heteroatoms. The number of benzene rings is 5. The molecular weight excluding hydrogens is 1650 g/mol. The maximum absolute atomic E-state index is 13.4. The van der Waals surface area contributed by atoms with Gasteiger partial charge in [0.25, 0.3) is 0 Å². The molecule has 0 saturated carbocycles. The van der Waals surface area contributed by atoms with Crippen LogP contribution in [0.5, 0.6) is 0 Å². The second-order valence-corrected chi connectivity index (χ2v) is 28.4. The molecule has 2 fully saturated rings. The molecule has 0 amide bonds. The average molecular weight is 1750 g/mol. The molecule has 7 aliphatic rings. The van der Waals surface area contributed by atoms with Crippen LogP contribution in [0.1, 0.15) is 152 Å². The highest BCUT2D eigenvalue weighted by Gasteiger charge is 2.50. The van der Waals surface area contributed by atoms with Gasteiger partial charge in [0, 0.05) is 115 Å². The smallest absolute Gasteiger partial charge is 0.416 e. The Morgan fingerprint density at radius 3 is 1.33 bits per heavy atom. The first-order valence-electron chi connectivity index (χ1n) is 38.6. The zero-order valence-corrected chi connectivity index (χ0v) is 68.4. The van der Waals surface area contributed by atoms with Crippen LogP contribution in [0.4, 0.5) is 56.6 Å². The summed E-state index contributed by atoms with van der Waals surface area (Å²) in [6.45, 7) is 13.3. The van der Waals surface area contributed by atoms with Crippen molar-refractivity contribution in [3.63, 3.8) is 0 Å².